The van der Waals surface area contributed by atoms with Gasteiger partial charge in [0.2, 0.25) is 11.8 Å². The van der Waals surface area contributed by atoms with Crippen LogP contribution in [0.3, 0.4) is 0 Å². The summed E-state index contributed by atoms with van der Waals surface area (Å²) in [6.45, 7) is 0.790. The summed E-state index contributed by atoms with van der Waals surface area (Å²) in [7, 11) is 0. The molecule has 2 atom stereocenters. The van der Waals surface area contributed by atoms with E-state index in [0.717, 1.165) is 10.8 Å². The Balaban J connectivity index is 1.40. The monoisotopic (exact) mass is 586 g/mol. The fourth-order valence-electron chi connectivity index (χ4n) is 5.49. The van der Waals surface area contributed by atoms with E-state index in [9.17, 15) is 35.9 Å². The molecule has 3 N–H and O–H groups in total. The average molecular weight is 587 g/mol. The molecule has 1 aliphatic heterocycles. The van der Waals surface area contributed by atoms with E-state index in [1.165, 1.54) is 24.0 Å². The number of rotatable bonds is 4. The molecule has 3 aromatic rings. The van der Waals surface area contributed by atoms with Crippen molar-refractivity contribution < 1.29 is 40.3 Å². The Labute approximate surface area is 228 Å². The van der Waals surface area contributed by atoms with E-state index in [0.29, 0.717) is 6.07 Å². The quantitative estimate of drug-likeness (QED) is 0.437. The third-order valence-electron chi connectivity index (χ3n) is 7.68. The number of fused-ring (bicyclic) bond motifs is 1. The fraction of sp³-hybridized carbons (Fsp3) is 0.462. The Morgan fingerprint density at radius 3 is 2.49 bits per heavy atom. The van der Waals surface area contributed by atoms with Gasteiger partial charge in [-0.1, -0.05) is 6.07 Å². The molecule has 3 heterocycles. The van der Waals surface area contributed by atoms with Crippen LogP contribution < -0.4 is 11.1 Å². The molecule has 1 saturated carbocycles. The smallest absolute Gasteiger partial charge is 0.382 e. The molecule has 1 aliphatic carbocycles. The van der Waals surface area contributed by atoms with Crippen LogP contribution in [0.4, 0.5) is 36.6 Å². The van der Waals surface area contributed by atoms with E-state index >= 15 is 4.39 Å². The molecule has 0 radical (unpaired) electrons. The van der Waals surface area contributed by atoms with Gasteiger partial charge in [0.1, 0.15) is 23.8 Å². The zero-order valence-electron chi connectivity index (χ0n) is 21.6. The number of alkyl halides is 6. The van der Waals surface area contributed by atoms with E-state index in [-0.39, 0.29) is 37.2 Å². The maximum Gasteiger partial charge on any atom is 0.418 e. The number of carbonyl (C=O) groups is 2. The molecule has 0 bridgehead atoms. The Hall–Kier alpha value is -3.91. The largest absolute Gasteiger partial charge is 0.418 e. The number of benzene rings is 1. The topological polar surface area (TPSA) is 106 Å². The van der Waals surface area contributed by atoms with Crippen molar-refractivity contribution in [1.29, 1.82) is 0 Å². The number of aryl methyl sites for hydroxylation is 1. The van der Waals surface area contributed by atoms with Gasteiger partial charge in [-0.05, 0) is 37.5 Å². The average Bonchev–Trinajstić information content (AvgIpc) is 3.45. The number of amides is 2. The van der Waals surface area contributed by atoms with Gasteiger partial charge in [0.25, 0.3) is 5.91 Å². The van der Waals surface area contributed by atoms with E-state index in [4.69, 9.17) is 5.73 Å². The second-order valence-corrected chi connectivity index (χ2v) is 10.4. The molecule has 220 valence electrons. The molecule has 2 aromatic heterocycles. The lowest BCUT2D eigenvalue weighted by atomic mass is 9.86. The molecule has 41 heavy (non-hydrogen) atoms. The lowest BCUT2D eigenvalue weighted by molar-refractivity contribution is -0.139. The number of nitrogens with zero attached hydrogens (tertiary/aromatic N) is 4. The predicted octanol–water partition coefficient (Wildman–Crippen LogP) is 4.55. The van der Waals surface area contributed by atoms with E-state index in [1.54, 1.807) is 0 Å². The highest BCUT2D eigenvalue weighted by molar-refractivity contribution is 5.98. The van der Waals surface area contributed by atoms with Crippen molar-refractivity contribution in [2.24, 2.45) is 5.92 Å². The van der Waals surface area contributed by atoms with Crippen LogP contribution in [-0.2, 0) is 11.0 Å². The number of halogens is 7. The second kappa shape index (κ2) is 10.2. The van der Waals surface area contributed by atoms with E-state index in [1.807, 2.05) is 0 Å². The molecule has 0 spiro atoms. The minimum Gasteiger partial charge on any atom is -0.382 e. The van der Waals surface area contributed by atoms with Crippen LogP contribution in [0.25, 0.3) is 16.8 Å². The van der Waals surface area contributed by atoms with Gasteiger partial charge in [0.05, 0.1) is 29.4 Å². The SMILES string of the molecule is Cc1ccc(-c2cc(C(F)(F)F)c3c(N)ncnn23)c(F)c1C(=O)N[C@@H]1CN(C(=O)C2CCC(F)(F)CC2)C[C@@H]1F. The maximum absolute atomic E-state index is 15.8. The van der Waals surface area contributed by atoms with E-state index < -0.39 is 88.7 Å². The zero-order valence-corrected chi connectivity index (χ0v) is 21.6. The first-order valence-corrected chi connectivity index (χ1v) is 12.8. The number of carbonyl (C=O) groups excluding carboxylic acids is 2. The highest BCUT2D eigenvalue weighted by atomic mass is 19.4. The van der Waals surface area contributed by atoms with Crippen LogP contribution in [0.15, 0.2) is 24.5 Å². The number of hydrogen-bond donors (Lipinski definition) is 2. The Morgan fingerprint density at radius 1 is 1.15 bits per heavy atom. The minimum absolute atomic E-state index is 0.0332. The summed E-state index contributed by atoms with van der Waals surface area (Å²) in [6.07, 6.45) is -6.62. The van der Waals surface area contributed by atoms with Crippen molar-refractivity contribution in [1.82, 2.24) is 24.8 Å². The number of anilines is 1. The van der Waals surface area contributed by atoms with Crippen molar-refractivity contribution in [2.75, 3.05) is 18.8 Å². The summed E-state index contributed by atoms with van der Waals surface area (Å²) in [5.41, 5.74) is 2.74. The summed E-state index contributed by atoms with van der Waals surface area (Å²) in [4.78, 5) is 30.7. The highest BCUT2D eigenvalue weighted by Crippen LogP contribution is 2.40. The van der Waals surface area contributed by atoms with Crippen LogP contribution >= 0.6 is 0 Å². The van der Waals surface area contributed by atoms with Gasteiger partial charge in [-0.25, -0.2) is 27.1 Å². The molecule has 2 aliphatic rings. The Bertz CT molecular complexity index is 1510. The van der Waals surface area contributed by atoms with Crippen molar-refractivity contribution in [3.05, 3.63) is 47.0 Å². The molecule has 0 unspecified atom stereocenters. The zero-order chi connectivity index (χ0) is 29.9. The summed E-state index contributed by atoms with van der Waals surface area (Å²) >= 11 is 0. The van der Waals surface area contributed by atoms with Crippen molar-refractivity contribution in [2.45, 2.75) is 56.9 Å². The van der Waals surface area contributed by atoms with Gasteiger partial charge in [-0.2, -0.15) is 18.3 Å². The van der Waals surface area contributed by atoms with Crippen molar-refractivity contribution in [3.8, 4) is 11.3 Å². The standard InChI is InChI=1S/C26H25F7N6O2/c1-12-2-3-14(18-8-15(26(31,32)33)21-22(34)35-11-36-39(18)21)20(28)19(12)23(40)37-17-10-38(9-16(17)27)24(41)13-4-6-25(29,30)7-5-13/h2-3,8,11,13,16-17H,4-7,9-10H2,1H3,(H,37,40)(H2,34,35,36)/t16-,17+/m0/s1. The number of nitrogen functional groups attached to an aromatic ring is 1. The van der Waals surface area contributed by atoms with Gasteiger partial charge in [-0.15, -0.1) is 0 Å². The highest BCUT2D eigenvalue weighted by Gasteiger charge is 2.43. The normalized spacial score (nSPS) is 21.4. The second-order valence-electron chi connectivity index (χ2n) is 10.4. The van der Waals surface area contributed by atoms with E-state index in [2.05, 4.69) is 15.4 Å². The van der Waals surface area contributed by atoms with Crippen molar-refractivity contribution in [3.63, 3.8) is 0 Å². The summed E-state index contributed by atoms with van der Waals surface area (Å²) in [5, 5.41) is 6.17. The number of nitrogens with one attached hydrogen (secondary N) is 1. The molecule has 8 nitrogen and oxygen atoms in total. The minimum atomic E-state index is -4.87. The molecule has 15 heteroatoms. The molecule has 1 aromatic carbocycles. The lowest BCUT2D eigenvalue weighted by Crippen LogP contribution is -2.43. The molecule has 1 saturated heterocycles. The lowest BCUT2D eigenvalue weighted by Gasteiger charge is -2.30. The fourth-order valence-corrected chi connectivity index (χ4v) is 5.49. The first-order chi connectivity index (χ1) is 19.2. The third-order valence-corrected chi connectivity index (χ3v) is 7.68. The molecule has 2 amide bonds. The van der Waals surface area contributed by atoms with Gasteiger partial charge >= 0.3 is 6.18 Å². The number of likely N-dealkylation sites (tertiary alicyclic amines) is 1. The molecule has 5 rings (SSSR count). The van der Waals surface area contributed by atoms with Crippen LogP contribution in [0.2, 0.25) is 0 Å². The third kappa shape index (κ3) is 5.28. The predicted molar refractivity (Wildman–Crippen MR) is 132 cm³/mol. The maximum atomic E-state index is 15.8. The summed E-state index contributed by atoms with van der Waals surface area (Å²) < 4.78 is 99.6. The first-order valence-electron chi connectivity index (χ1n) is 12.8. The number of aromatic nitrogens is 3. The van der Waals surface area contributed by atoms with Crippen molar-refractivity contribution >= 4 is 23.1 Å². The summed E-state index contributed by atoms with van der Waals surface area (Å²) in [6, 6.07) is 1.94. The van der Waals surface area contributed by atoms with Crippen LogP contribution in [0.1, 0.15) is 47.2 Å². The molecular weight excluding hydrogens is 561 g/mol. The Morgan fingerprint density at radius 2 is 1.83 bits per heavy atom. The Kier molecular flexibility index (Phi) is 7.10. The van der Waals surface area contributed by atoms with Crippen LogP contribution in [0.5, 0.6) is 0 Å². The molecule has 2 fully saturated rings. The van der Waals surface area contributed by atoms with Gasteiger partial charge in [-0.3, -0.25) is 9.59 Å². The van der Waals surface area contributed by atoms with Gasteiger partial charge in [0.15, 0.2) is 5.82 Å². The summed E-state index contributed by atoms with van der Waals surface area (Å²) in [5.74, 6) is -6.68. The van der Waals surface area contributed by atoms with Crippen LogP contribution in [0, 0.1) is 18.7 Å². The number of nitrogens with two attached hydrogens (primary N) is 1. The van der Waals surface area contributed by atoms with Gasteiger partial charge in [0, 0.05) is 30.9 Å². The molecular formula is C26H25F7N6O2. The van der Waals surface area contributed by atoms with Crippen LogP contribution in [-0.4, -0.2) is 62.5 Å². The first kappa shape index (κ1) is 28.6. The number of hydrogen-bond acceptors (Lipinski definition) is 5. The van der Waals surface area contributed by atoms with Gasteiger partial charge < -0.3 is 16.0 Å².